The second-order valence-corrected chi connectivity index (χ2v) is 10.3. The van der Waals surface area contributed by atoms with Gasteiger partial charge >= 0.3 is 0 Å². The van der Waals surface area contributed by atoms with Crippen LogP contribution in [0.5, 0.6) is 0 Å². The van der Waals surface area contributed by atoms with Crippen molar-refractivity contribution in [3.05, 3.63) is 65.2 Å². The summed E-state index contributed by atoms with van der Waals surface area (Å²) in [6.07, 6.45) is 1.01. The molecule has 140 valence electrons. The molecule has 2 rings (SSSR count). The largest absolute Gasteiger partial charge is 0.322 e. The number of carbonyl (C=O) groups excluding carboxylic acids is 1. The van der Waals surface area contributed by atoms with Gasteiger partial charge in [-0.3, -0.25) is 9.00 Å². The lowest BCUT2D eigenvalue weighted by molar-refractivity contribution is 0.102. The van der Waals surface area contributed by atoms with E-state index in [1.54, 1.807) is 0 Å². The molecule has 2 aromatic rings. The standard InChI is InChI=1S/C22H29NO2S/c1-16(2)13-17-9-11-19(12-10-17)21(24)23-20-8-6-7-18(14-20)15-26(25)22(3,4)5/h6-12,14,16H,13,15H2,1-5H3,(H,23,24). The van der Waals surface area contributed by atoms with Crippen LogP contribution in [0.1, 0.15) is 56.1 Å². The molecule has 1 unspecified atom stereocenters. The van der Waals surface area contributed by atoms with Crippen molar-refractivity contribution in [1.29, 1.82) is 0 Å². The lowest BCUT2D eigenvalue weighted by atomic mass is 10.0. The Bertz CT molecular complexity index is 773. The molecule has 0 bridgehead atoms. The molecule has 0 saturated heterocycles. The quantitative estimate of drug-likeness (QED) is 0.760. The minimum Gasteiger partial charge on any atom is -0.322 e. The molecule has 0 aliphatic carbocycles. The first-order chi connectivity index (χ1) is 12.1. The van der Waals surface area contributed by atoms with Crippen LogP contribution in [0.15, 0.2) is 48.5 Å². The summed E-state index contributed by atoms with van der Waals surface area (Å²) in [6, 6.07) is 15.3. The van der Waals surface area contributed by atoms with E-state index in [0.29, 0.717) is 17.2 Å². The van der Waals surface area contributed by atoms with Crippen LogP contribution in [0.2, 0.25) is 0 Å². The zero-order valence-corrected chi connectivity index (χ0v) is 17.2. The fraction of sp³-hybridized carbons (Fsp3) is 0.409. The molecule has 0 saturated carbocycles. The lowest BCUT2D eigenvalue weighted by Gasteiger charge is -2.18. The molecule has 0 aliphatic heterocycles. The second-order valence-electron chi connectivity index (χ2n) is 8.05. The molecular formula is C22H29NO2S. The van der Waals surface area contributed by atoms with Gasteiger partial charge in [-0.05, 0) is 68.5 Å². The van der Waals surface area contributed by atoms with Gasteiger partial charge in [0.05, 0.1) is 0 Å². The average Bonchev–Trinajstić information content (AvgIpc) is 2.54. The number of anilines is 1. The van der Waals surface area contributed by atoms with Crippen LogP contribution >= 0.6 is 0 Å². The van der Waals surface area contributed by atoms with Crippen LogP contribution in [0.25, 0.3) is 0 Å². The van der Waals surface area contributed by atoms with Crippen molar-refractivity contribution in [3.63, 3.8) is 0 Å². The average molecular weight is 372 g/mol. The van der Waals surface area contributed by atoms with Crippen LogP contribution in [-0.2, 0) is 23.0 Å². The van der Waals surface area contributed by atoms with Gasteiger partial charge in [0.2, 0.25) is 0 Å². The summed E-state index contributed by atoms with van der Waals surface area (Å²) in [6.45, 7) is 10.3. The van der Waals surface area contributed by atoms with Gasteiger partial charge in [-0.15, -0.1) is 0 Å². The third-order valence-corrected chi connectivity index (χ3v) is 5.99. The van der Waals surface area contributed by atoms with E-state index in [1.807, 2.05) is 69.3 Å². The lowest BCUT2D eigenvalue weighted by Crippen LogP contribution is -2.23. The minimum atomic E-state index is -0.966. The van der Waals surface area contributed by atoms with Gasteiger partial charge < -0.3 is 5.32 Å². The summed E-state index contributed by atoms with van der Waals surface area (Å²) in [5.41, 5.74) is 3.57. The van der Waals surface area contributed by atoms with E-state index in [1.165, 1.54) is 5.56 Å². The molecule has 1 amide bonds. The first kappa shape index (κ1) is 20.4. The topological polar surface area (TPSA) is 46.2 Å². The van der Waals surface area contributed by atoms with Crippen LogP contribution in [-0.4, -0.2) is 14.9 Å². The van der Waals surface area contributed by atoms with Gasteiger partial charge in [0.1, 0.15) is 0 Å². The van der Waals surface area contributed by atoms with Gasteiger partial charge in [-0.1, -0.05) is 38.1 Å². The van der Waals surface area contributed by atoms with Gasteiger partial charge in [0, 0.05) is 32.6 Å². The third kappa shape index (κ3) is 6.10. The Kier molecular flexibility index (Phi) is 6.76. The second kappa shape index (κ2) is 8.63. The maximum Gasteiger partial charge on any atom is 0.255 e. The predicted molar refractivity (Wildman–Crippen MR) is 111 cm³/mol. The Morgan fingerprint density at radius 2 is 1.69 bits per heavy atom. The molecule has 0 heterocycles. The van der Waals surface area contributed by atoms with E-state index in [-0.39, 0.29) is 10.7 Å². The zero-order chi connectivity index (χ0) is 19.3. The van der Waals surface area contributed by atoms with Crippen molar-refractivity contribution >= 4 is 22.4 Å². The fourth-order valence-electron chi connectivity index (χ4n) is 2.57. The Labute approximate surface area is 159 Å². The van der Waals surface area contributed by atoms with Crippen molar-refractivity contribution < 1.29 is 9.00 Å². The van der Waals surface area contributed by atoms with E-state index in [9.17, 15) is 9.00 Å². The Hall–Kier alpha value is -1.94. The monoisotopic (exact) mass is 371 g/mol. The van der Waals surface area contributed by atoms with Crippen molar-refractivity contribution in [2.75, 3.05) is 5.32 Å². The minimum absolute atomic E-state index is 0.129. The van der Waals surface area contributed by atoms with Crippen LogP contribution in [0, 0.1) is 5.92 Å². The zero-order valence-electron chi connectivity index (χ0n) is 16.3. The van der Waals surface area contributed by atoms with E-state index in [0.717, 1.165) is 17.7 Å². The Morgan fingerprint density at radius 1 is 1.04 bits per heavy atom. The van der Waals surface area contributed by atoms with Crippen molar-refractivity contribution in [2.45, 2.75) is 51.5 Å². The van der Waals surface area contributed by atoms with E-state index >= 15 is 0 Å². The predicted octanol–water partition coefficient (Wildman–Crippen LogP) is 5.18. The highest BCUT2D eigenvalue weighted by Gasteiger charge is 2.19. The normalized spacial score (nSPS) is 12.8. The number of amides is 1. The van der Waals surface area contributed by atoms with Crippen molar-refractivity contribution in [2.24, 2.45) is 5.92 Å². The maximum absolute atomic E-state index is 12.5. The van der Waals surface area contributed by atoms with Gasteiger partial charge in [0.25, 0.3) is 5.91 Å². The highest BCUT2D eigenvalue weighted by atomic mass is 32.2. The Balaban J connectivity index is 2.05. The molecule has 0 spiro atoms. The summed E-state index contributed by atoms with van der Waals surface area (Å²) in [5, 5.41) is 2.93. The van der Waals surface area contributed by atoms with Crippen LogP contribution in [0.3, 0.4) is 0 Å². The number of benzene rings is 2. The highest BCUT2D eigenvalue weighted by Crippen LogP contribution is 2.19. The van der Waals surface area contributed by atoms with Crippen molar-refractivity contribution in [3.8, 4) is 0 Å². The highest BCUT2D eigenvalue weighted by molar-refractivity contribution is 7.85. The van der Waals surface area contributed by atoms with E-state index in [2.05, 4.69) is 19.2 Å². The molecule has 2 aromatic carbocycles. The van der Waals surface area contributed by atoms with Crippen LogP contribution in [0.4, 0.5) is 5.69 Å². The SMILES string of the molecule is CC(C)Cc1ccc(C(=O)Nc2cccc(CS(=O)C(C)(C)C)c2)cc1. The van der Waals surface area contributed by atoms with Crippen molar-refractivity contribution in [1.82, 2.24) is 0 Å². The molecule has 0 radical (unpaired) electrons. The summed E-state index contributed by atoms with van der Waals surface area (Å²) in [4.78, 5) is 12.5. The number of carbonyl (C=O) groups is 1. The molecule has 1 N–H and O–H groups in total. The summed E-state index contributed by atoms with van der Waals surface area (Å²) >= 11 is 0. The first-order valence-corrected chi connectivity index (χ1v) is 10.3. The molecule has 0 aliphatic rings. The smallest absolute Gasteiger partial charge is 0.255 e. The van der Waals surface area contributed by atoms with E-state index < -0.39 is 10.8 Å². The maximum atomic E-state index is 12.5. The summed E-state index contributed by atoms with van der Waals surface area (Å²) in [5.74, 6) is 0.947. The molecule has 26 heavy (non-hydrogen) atoms. The molecule has 0 fully saturated rings. The number of hydrogen-bond acceptors (Lipinski definition) is 2. The number of rotatable bonds is 6. The molecule has 0 aromatic heterocycles. The Morgan fingerprint density at radius 3 is 2.27 bits per heavy atom. The first-order valence-electron chi connectivity index (χ1n) is 9.03. The summed E-state index contributed by atoms with van der Waals surface area (Å²) in [7, 11) is -0.966. The van der Waals surface area contributed by atoms with Crippen LogP contribution < -0.4 is 5.32 Å². The molecule has 3 nitrogen and oxygen atoms in total. The van der Waals surface area contributed by atoms with E-state index in [4.69, 9.17) is 0 Å². The molecular weight excluding hydrogens is 342 g/mol. The third-order valence-electron chi connectivity index (χ3n) is 4.03. The van der Waals surface area contributed by atoms with Gasteiger partial charge in [-0.25, -0.2) is 0 Å². The number of hydrogen-bond donors (Lipinski definition) is 1. The summed E-state index contributed by atoms with van der Waals surface area (Å²) < 4.78 is 12.1. The molecule has 4 heteroatoms. The fourth-order valence-corrected chi connectivity index (χ4v) is 3.49. The van der Waals surface area contributed by atoms with Gasteiger partial charge in [-0.2, -0.15) is 0 Å². The van der Waals surface area contributed by atoms with Gasteiger partial charge in [0.15, 0.2) is 0 Å². The molecule has 1 atom stereocenters. The number of nitrogens with one attached hydrogen (secondary N) is 1.